The van der Waals surface area contributed by atoms with Crippen LogP contribution >= 0.6 is 0 Å². The third-order valence-electron chi connectivity index (χ3n) is 11.6. The lowest BCUT2D eigenvalue weighted by Crippen LogP contribution is -2.42. The number of aliphatic hydroxyl groups is 1. The van der Waals surface area contributed by atoms with Crippen LogP contribution in [0.1, 0.15) is 140 Å². The second kappa shape index (κ2) is 35.2. The number of carbonyl (C=O) groups excluding carboxylic acids is 9. The number of aromatic hydroxyl groups is 2. The first-order valence-corrected chi connectivity index (χ1v) is 25.4. The van der Waals surface area contributed by atoms with Crippen molar-refractivity contribution in [3.05, 3.63) is 83.4 Å². The minimum Gasteiger partial charge on any atom is -0.506 e. The Hall–Kier alpha value is -7.31. The van der Waals surface area contributed by atoms with Crippen LogP contribution in [0.15, 0.2) is 66.7 Å². The molecular weight excluding hydrogens is 1010 g/mol. The Bertz CT molecular complexity index is 2360. The summed E-state index contributed by atoms with van der Waals surface area (Å²) in [6.45, 7) is 31.4. The maximum Gasteiger partial charge on any atom is 0.408 e. The summed E-state index contributed by atoms with van der Waals surface area (Å²) < 4.78 is 16.1. The molecule has 21 heteroatoms. The minimum atomic E-state index is -0.916. The van der Waals surface area contributed by atoms with E-state index < -0.39 is 47.5 Å². The van der Waals surface area contributed by atoms with Gasteiger partial charge < -0.3 is 61.8 Å². The lowest BCUT2D eigenvalue weighted by molar-refractivity contribution is -0.193. The molecular formula is C57H88N6O15. The van der Waals surface area contributed by atoms with Crippen LogP contribution in [0.3, 0.4) is 0 Å². The van der Waals surface area contributed by atoms with Crippen molar-refractivity contribution in [1.82, 2.24) is 16.0 Å². The van der Waals surface area contributed by atoms with Gasteiger partial charge in [-0.3, -0.25) is 9.59 Å². The van der Waals surface area contributed by atoms with Crippen LogP contribution in [0, 0.1) is 22.7 Å². The van der Waals surface area contributed by atoms with Gasteiger partial charge in [0.25, 0.3) is 0 Å². The molecule has 3 aromatic rings. The summed E-state index contributed by atoms with van der Waals surface area (Å²) in [6.07, 6.45) is 1.27. The van der Waals surface area contributed by atoms with Gasteiger partial charge in [0, 0.05) is 19.2 Å². The molecule has 0 heterocycles. The first kappa shape index (κ1) is 72.8. The summed E-state index contributed by atoms with van der Waals surface area (Å²) in [5.74, 6) is -0.423. The minimum absolute atomic E-state index is 0.0348. The zero-order chi connectivity index (χ0) is 60.8. The Kier molecular flexibility index (Phi) is 32.8. The number of hydrogen-bond donors (Lipinski definition) is 9. The highest BCUT2D eigenvalue weighted by molar-refractivity contribution is 5.97. The van der Waals surface area contributed by atoms with E-state index in [0.717, 1.165) is 30.2 Å². The Morgan fingerprint density at radius 2 is 0.897 bits per heavy atom. The molecule has 3 rings (SSSR count). The molecule has 436 valence electrons. The van der Waals surface area contributed by atoms with Crippen LogP contribution in [0.25, 0.3) is 0 Å². The molecule has 6 atom stereocenters. The zero-order valence-electron chi connectivity index (χ0n) is 48.7. The van der Waals surface area contributed by atoms with E-state index in [2.05, 4.69) is 82.0 Å². The molecule has 0 saturated carbocycles. The van der Waals surface area contributed by atoms with Crippen LogP contribution in [0.2, 0.25) is 0 Å². The number of anilines is 2. The lowest BCUT2D eigenvalue weighted by atomic mass is 9.78. The van der Waals surface area contributed by atoms with Crippen LogP contribution in [0.5, 0.6) is 11.5 Å². The lowest BCUT2D eigenvalue weighted by Gasteiger charge is -2.32. The van der Waals surface area contributed by atoms with Gasteiger partial charge >= 0.3 is 30.6 Å². The van der Waals surface area contributed by atoms with Gasteiger partial charge in [0.15, 0.2) is 0 Å². The zero-order valence-corrected chi connectivity index (χ0v) is 48.7. The van der Waals surface area contributed by atoms with Gasteiger partial charge in [-0.25, -0.2) is 14.4 Å². The fourth-order valence-electron chi connectivity index (χ4n) is 6.58. The largest absolute Gasteiger partial charge is 0.506 e. The fraction of sp³-hybridized carbons (Fsp3) is 0.561. The molecule has 5 amide bonds. The van der Waals surface area contributed by atoms with E-state index in [1.165, 1.54) is 19.1 Å². The van der Waals surface area contributed by atoms with E-state index in [4.69, 9.17) is 44.2 Å². The summed E-state index contributed by atoms with van der Waals surface area (Å²) in [7, 11) is 1.00. The van der Waals surface area contributed by atoms with Gasteiger partial charge in [-0.1, -0.05) is 97.9 Å². The number of aliphatic hydroxyl groups excluding tert-OH is 1. The summed E-state index contributed by atoms with van der Waals surface area (Å²) in [4.78, 5) is 94.3. The molecule has 0 radical (unpaired) electrons. The van der Waals surface area contributed by atoms with Crippen molar-refractivity contribution >= 4 is 53.8 Å². The number of phenols is 2. The Balaban J connectivity index is 0. The normalized spacial score (nSPS) is 13.2. The monoisotopic (exact) mass is 1100 g/mol. The maximum atomic E-state index is 12.8. The molecule has 78 heavy (non-hydrogen) atoms. The average molecular weight is 1100 g/mol. The van der Waals surface area contributed by atoms with Gasteiger partial charge in [0.05, 0.1) is 17.4 Å². The second-order valence-corrected chi connectivity index (χ2v) is 22.7. The second-order valence-electron chi connectivity index (χ2n) is 22.7. The summed E-state index contributed by atoms with van der Waals surface area (Å²) >= 11 is 0. The maximum absolute atomic E-state index is 12.8. The molecule has 21 nitrogen and oxygen atoms in total. The van der Waals surface area contributed by atoms with Gasteiger partial charge in [-0.2, -0.15) is 19.2 Å². The van der Waals surface area contributed by atoms with Crippen molar-refractivity contribution in [3.8, 4) is 11.5 Å². The SMILES string of the molecule is CC(N)C(=O)Nc1cc(C[C@@H](CC(C)C(C)(C)C)NC(=O)OC(C)(C)C)ccc1O.CC(NC(=O)OCc1ccccc1)C(=O)Nc1cc(C[C@@H](CC(C)C(C)(C)C)NC(=O)OC(C)(C)C)ccc1O.CO.O=C=O.O=C=O. The summed E-state index contributed by atoms with van der Waals surface area (Å²) in [5, 5.41) is 41.3. The third-order valence-corrected chi connectivity index (χ3v) is 11.6. The molecule has 0 aliphatic carbocycles. The quantitative estimate of drug-likeness (QED) is 0.0450. The van der Waals surface area contributed by atoms with E-state index in [9.17, 15) is 34.2 Å². The number of nitrogens with one attached hydrogen (secondary N) is 5. The van der Waals surface area contributed by atoms with Crippen LogP contribution < -0.4 is 32.3 Å². The number of phenolic OH excluding ortho intramolecular Hbond substituents is 2. The van der Waals surface area contributed by atoms with Gasteiger partial charge in [0.2, 0.25) is 11.8 Å². The van der Waals surface area contributed by atoms with E-state index >= 15 is 0 Å². The van der Waals surface area contributed by atoms with Gasteiger partial charge in [0.1, 0.15) is 35.3 Å². The van der Waals surface area contributed by atoms with E-state index in [0.29, 0.717) is 30.9 Å². The van der Waals surface area contributed by atoms with Crippen molar-refractivity contribution in [1.29, 1.82) is 0 Å². The van der Waals surface area contributed by atoms with Crippen molar-refractivity contribution in [3.63, 3.8) is 0 Å². The van der Waals surface area contributed by atoms with Crippen molar-refractivity contribution in [2.45, 2.75) is 178 Å². The molecule has 0 aromatic heterocycles. The summed E-state index contributed by atoms with van der Waals surface area (Å²) in [5.41, 5.74) is 7.51. The standard InChI is InChI=1S/C31H45N3O6.C23H39N3O4.2CO2.CH4O/c1-20(30(3,4)5)16-24(33-29(38)40-31(6,7)8)17-23-14-15-26(35)25(18-23)34-27(36)21(2)32-28(37)39-19-22-12-10-9-11-13-22;1-14(22(3,4)5)11-17(25-21(29)30-23(6,7)8)12-16-9-10-19(27)18(13-16)26-20(28)15(2)24;2*2-1-3;1-2/h9-15,18,20-21,24,35H,16-17,19H2,1-8H3,(H,32,37)(H,33,38)(H,34,36);9-10,13-15,17,27H,11-12,24H2,1-8H3,(H,25,29)(H,26,28);;;2H,1H3/t20?,21?,24-;14?,15?,17-;;;/m11.../s1. The molecule has 0 bridgehead atoms. The number of alkyl carbamates (subject to hydrolysis) is 3. The molecule has 0 aliphatic rings. The van der Waals surface area contributed by atoms with Crippen LogP contribution in [0.4, 0.5) is 25.8 Å². The number of benzene rings is 3. The van der Waals surface area contributed by atoms with Crippen LogP contribution in [-0.4, -0.2) is 100 Å². The highest BCUT2D eigenvalue weighted by Gasteiger charge is 2.29. The third kappa shape index (κ3) is 33.0. The number of nitrogens with two attached hydrogens (primary N) is 1. The average Bonchev–Trinajstić information content (AvgIpc) is 3.30. The van der Waals surface area contributed by atoms with E-state index in [1.807, 2.05) is 71.9 Å². The molecule has 3 aromatic carbocycles. The molecule has 10 N–H and O–H groups in total. The van der Waals surface area contributed by atoms with Crippen molar-refractivity contribution in [2.75, 3.05) is 17.7 Å². The number of carbonyl (C=O) groups is 5. The predicted molar refractivity (Wildman–Crippen MR) is 295 cm³/mol. The number of hydrogen-bond acceptors (Lipinski definition) is 16. The van der Waals surface area contributed by atoms with E-state index in [-0.39, 0.29) is 70.8 Å². The topological polar surface area (TPSA) is 328 Å². The van der Waals surface area contributed by atoms with Gasteiger partial charge in [-0.05, 0) is 145 Å². The van der Waals surface area contributed by atoms with Crippen molar-refractivity contribution in [2.24, 2.45) is 28.4 Å². The highest BCUT2D eigenvalue weighted by Crippen LogP contribution is 2.33. The van der Waals surface area contributed by atoms with Crippen LogP contribution in [-0.2, 0) is 62.4 Å². The van der Waals surface area contributed by atoms with Crippen molar-refractivity contribution < 1.29 is 72.7 Å². The molecule has 0 saturated heterocycles. The first-order chi connectivity index (χ1) is 35.9. The molecule has 0 spiro atoms. The van der Waals surface area contributed by atoms with E-state index in [1.54, 1.807) is 31.2 Å². The summed E-state index contributed by atoms with van der Waals surface area (Å²) in [6, 6.07) is 17.1. The molecule has 0 aliphatic heterocycles. The number of ether oxygens (including phenoxy) is 3. The number of amides is 5. The predicted octanol–water partition coefficient (Wildman–Crippen LogP) is 8.78. The highest BCUT2D eigenvalue weighted by atomic mass is 16.6. The molecule has 0 fully saturated rings. The smallest absolute Gasteiger partial charge is 0.408 e. The first-order valence-electron chi connectivity index (χ1n) is 25.4. The Morgan fingerprint density at radius 1 is 0.538 bits per heavy atom. The molecule has 4 unspecified atom stereocenters. The fourth-order valence-corrected chi connectivity index (χ4v) is 6.58. The Labute approximate surface area is 460 Å². The number of rotatable bonds is 17. The Morgan fingerprint density at radius 3 is 1.23 bits per heavy atom. The van der Waals surface area contributed by atoms with Gasteiger partial charge in [-0.15, -0.1) is 0 Å².